The first-order valence-corrected chi connectivity index (χ1v) is 3.52. The van der Waals surface area contributed by atoms with Gasteiger partial charge in [-0.2, -0.15) is 0 Å². The summed E-state index contributed by atoms with van der Waals surface area (Å²) in [6, 6.07) is 0. The fraction of sp³-hybridized carbons (Fsp3) is 0.714. The summed E-state index contributed by atoms with van der Waals surface area (Å²) in [5.74, 6) is 0.284. The predicted molar refractivity (Wildman–Crippen MR) is 44.8 cm³/mol. The maximum absolute atomic E-state index is 6.92. The summed E-state index contributed by atoms with van der Waals surface area (Å²) in [6.45, 7) is 4.21. The predicted octanol–water partition coefficient (Wildman–Crippen LogP) is 1.18. The number of nitrogens with zero attached hydrogens (tertiary/aromatic N) is 1. The molecule has 0 radical (unpaired) electrons. The van der Waals surface area contributed by atoms with E-state index in [9.17, 15) is 0 Å². The molecule has 0 aliphatic rings. The zero-order valence-electron chi connectivity index (χ0n) is 6.27. The van der Waals surface area contributed by atoms with Crippen LogP contribution < -0.4 is 5.73 Å². The van der Waals surface area contributed by atoms with Crippen molar-refractivity contribution < 1.29 is 0 Å². The van der Waals surface area contributed by atoms with Crippen molar-refractivity contribution in [1.82, 2.24) is 0 Å². The number of amidine groups is 1. The molecule has 0 atom stereocenters. The van der Waals surface area contributed by atoms with Crippen LogP contribution in [-0.4, -0.2) is 19.1 Å². The largest absolute Gasteiger partial charge is 0.388 e. The lowest BCUT2D eigenvalue weighted by Gasteiger charge is -1.96. The van der Waals surface area contributed by atoms with Crippen molar-refractivity contribution in [1.29, 1.82) is 5.41 Å². The second kappa shape index (κ2) is 6.26. The first-order chi connectivity index (χ1) is 4.77. The summed E-state index contributed by atoms with van der Waals surface area (Å²) < 4.78 is 0. The van der Waals surface area contributed by atoms with Gasteiger partial charge in [0.15, 0.2) is 0 Å². The van der Waals surface area contributed by atoms with E-state index in [1.165, 1.54) is 0 Å². The van der Waals surface area contributed by atoms with Gasteiger partial charge in [0.25, 0.3) is 0 Å². The van der Waals surface area contributed by atoms with E-state index in [2.05, 4.69) is 11.7 Å². The summed E-state index contributed by atoms with van der Waals surface area (Å²) >= 11 is 0. The van der Waals surface area contributed by atoms with Gasteiger partial charge in [0.1, 0.15) is 0 Å². The van der Waals surface area contributed by atoms with Gasteiger partial charge in [-0.1, -0.05) is 6.42 Å². The number of hydrogen-bond acceptors (Lipinski definition) is 2. The van der Waals surface area contributed by atoms with Crippen molar-refractivity contribution in [3.05, 3.63) is 0 Å². The van der Waals surface area contributed by atoms with Gasteiger partial charge in [0.05, 0.1) is 5.84 Å². The monoisotopic (exact) mass is 141 g/mol. The fourth-order valence-corrected chi connectivity index (χ4v) is 0.716. The maximum atomic E-state index is 6.92. The van der Waals surface area contributed by atoms with Gasteiger partial charge >= 0.3 is 0 Å². The van der Waals surface area contributed by atoms with Crippen LogP contribution in [0.4, 0.5) is 0 Å². The van der Waals surface area contributed by atoms with E-state index in [1.54, 1.807) is 0 Å². The van der Waals surface area contributed by atoms with Gasteiger partial charge in [-0.05, 0) is 19.6 Å². The molecule has 0 aromatic carbocycles. The Kier molecular flexibility index (Phi) is 5.72. The third-order valence-electron chi connectivity index (χ3n) is 1.26. The molecule has 0 unspecified atom stereocenters. The van der Waals surface area contributed by atoms with Gasteiger partial charge in [-0.15, -0.1) is 0 Å². The second-order valence-electron chi connectivity index (χ2n) is 2.28. The Morgan fingerprint density at radius 1 is 1.40 bits per heavy atom. The molecule has 10 heavy (non-hydrogen) atoms. The third-order valence-corrected chi connectivity index (χ3v) is 1.26. The van der Waals surface area contributed by atoms with E-state index in [0.29, 0.717) is 0 Å². The second-order valence-corrected chi connectivity index (χ2v) is 2.28. The Labute approximate surface area is 61.8 Å². The minimum absolute atomic E-state index is 0.284. The SMILES string of the molecule is C=NCCCCCC(=N)N. The lowest BCUT2D eigenvalue weighted by molar-refractivity contribution is 0.705. The third kappa shape index (κ3) is 7.14. The van der Waals surface area contributed by atoms with Crippen LogP contribution in [0.25, 0.3) is 0 Å². The average molecular weight is 141 g/mol. The van der Waals surface area contributed by atoms with Crippen LogP contribution in [0.3, 0.4) is 0 Å². The highest BCUT2D eigenvalue weighted by molar-refractivity contribution is 5.76. The lowest BCUT2D eigenvalue weighted by atomic mass is 10.2. The van der Waals surface area contributed by atoms with Gasteiger partial charge < -0.3 is 10.7 Å². The molecule has 3 N–H and O–H groups in total. The Bertz CT molecular complexity index is 109. The molecular weight excluding hydrogens is 126 g/mol. The minimum Gasteiger partial charge on any atom is -0.388 e. The zero-order valence-corrected chi connectivity index (χ0v) is 6.27. The van der Waals surface area contributed by atoms with Crippen LogP contribution in [0, 0.1) is 5.41 Å². The highest BCUT2D eigenvalue weighted by atomic mass is 14.7. The van der Waals surface area contributed by atoms with Crippen molar-refractivity contribution in [2.75, 3.05) is 6.54 Å². The van der Waals surface area contributed by atoms with Crippen LogP contribution in [0.2, 0.25) is 0 Å². The van der Waals surface area contributed by atoms with Crippen molar-refractivity contribution in [2.24, 2.45) is 10.7 Å². The molecule has 3 heteroatoms. The van der Waals surface area contributed by atoms with E-state index in [-0.39, 0.29) is 5.84 Å². The lowest BCUT2D eigenvalue weighted by Crippen LogP contribution is -2.08. The highest BCUT2D eigenvalue weighted by Crippen LogP contribution is 1.98. The van der Waals surface area contributed by atoms with Crippen LogP contribution in [0.15, 0.2) is 4.99 Å². The van der Waals surface area contributed by atoms with Crippen molar-refractivity contribution in [2.45, 2.75) is 25.7 Å². The van der Waals surface area contributed by atoms with Crippen LogP contribution >= 0.6 is 0 Å². The Morgan fingerprint density at radius 2 is 2.10 bits per heavy atom. The van der Waals surface area contributed by atoms with E-state index >= 15 is 0 Å². The fourth-order valence-electron chi connectivity index (χ4n) is 0.716. The molecule has 0 amide bonds. The number of unbranched alkanes of at least 4 members (excludes halogenated alkanes) is 2. The van der Waals surface area contributed by atoms with E-state index in [4.69, 9.17) is 11.1 Å². The molecule has 0 bridgehead atoms. The molecule has 0 rings (SSSR count). The zero-order chi connectivity index (χ0) is 7.82. The number of aliphatic imine (C=N–C) groups is 1. The normalized spacial score (nSPS) is 9.20. The standard InChI is InChI=1S/C7H15N3/c1-10-6-4-2-3-5-7(8)9/h1-6H2,(H3,8,9). The Morgan fingerprint density at radius 3 is 2.60 bits per heavy atom. The maximum Gasteiger partial charge on any atom is 0.0905 e. The van der Waals surface area contributed by atoms with Crippen LogP contribution in [0.5, 0.6) is 0 Å². The molecule has 0 aliphatic carbocycles. The van der Waals surface area contributed by atoms with Gasteiger partial charge in [-0.3, -0.25) is 5.41 Å². The smallest absolute Gasteiger partial charge is 0.0905 e. The summed E-state index contributed by atoms with van der Waals surface area (Å²) in [5.41, 5.74) is 5.15. The van der Waals surface area contributed by atoms with E-state index < -0.39 is 0 Å². The summed E-state index contributed by atoms with van der Waals surface area (Å²) in [7, 11) is 0. The number of hydrogen-bond donors (Lipinski definition) is 2. The van der Waals surface area contributed by atoms with Gasteiger partial charge in [0.2, 0.25) is 0 Å². The molecule has 0 aliphatic heterocycles. The average Bonchev–Trinajstić information content (AvgIpc) is 1.87. The van der Waals surface area contributed by atoms with Crippen molar-refractivity contribution in [3.8, 4) is 0 Å². The van der Waals surface area contributed by atoms with Gasteiger partial charge in [-0.25, -0.2) is 0 Å². The molecule has 0 aromatic rings. The minimum atomic E-state index is 0.284. The van der Waals surface area contributed by atoms with Crippen LogP contribution in [-0.2, 0) is 0 Å². The summed E-state index contributed by atoms with van der Waals surface area (Å²) in [6.07, 6.45) is 3.89. The highest BCUT2D eigenvalue weighted by Gasteiger charge is 1.89. The Balaban J connectivity index is 2.90. The van der Waals surface area contributed by atoms with E-state index in [1.807, 2.05) is 0 Å². The van der Waals surface area contributed by atoms with Gasteiger partial charge in [0, 0.05) is 13.0 Å². The molecule has 58 valence electrons. The molecule has 0 saturated carbocycles. The molecule has 0 spiro atoms. The van der Waals surface area contributed by atoms with Crippen molar-refractivity contribution >= 4 is 12.6 Å². The molecule has 0 fully saturated rings. The first kappa shape index (κ1) is 9.14. The Hall–Kier alpha value is -0.860. The topological polar surface area (TPSA) is 62.2 Å². The number of rotatable bonds is 6. The quantitative estimate of drug-likeness (QED) is 0.325. The van der Waals surface area contributed by atoms with Crippen molar-refractivity contribution in [3.63, 3.8) is 0 Å². The number of nitrogens with two attached hydrogens (primary N) is 1. The molecule has 0 aromatic heterocycles. The number of nitrogens with one attached hydrogen (secondary N) is 1. The molecule has 0 saturated heterocycles. The summed E-state index contributed by atoms with van der Waals surface area (Å²) in [5, 5.41) is 6.92. The molecule has 0 heterocycles. The van der Waals surface area contributed by atoms with Crippen LogP contribution in [0.1, 0.15) is 25.7 Å². The van der Waals surface area contributed by atoms with E-state index in [0.717, 1.165) is 32.2 Å². The summed E-state index contributed by atoms with van der Waals surface area (Å²) in [4.78, 5) is 3.72. The molecule has 3 nitrogen and oxygen atoms in total. The first-order valence-electron chi connectivity index (χ1n) is 3.52. The molecular formula is C7H15N3.